The molecule has 3 aromatic heterocycles. The lowest BCUT2D eigenvalue weighted by molar-refractivity contribution is 0.399. The number of ether oxygens (including phenoxy) is 2. The normalized spacial score (nSPS) is 11.6. The van der Waals surface area contributed by atoms with E-state index in [2.05, 4.69) is 9.98 Å². The van der Waals surface area contributed by atoms with E-state index in [0.717, 1.165) is 5.56 Å². The molecule has 0 radical (unpaired) electrons. The van der Waals surface area contributed by atoms with Crippen molar-refractivity contribution >= 4 is 56.2 Å². The van der Waals surface area contributed by atoms with Gasteiger partial charge in [0, 0.05) is 16.6 Å². The summed E-state index contributed by atoms with van der Waals surface area (Å²) < 4.78 is 22.7. The number of thiazole rings is 1. The van der Waals surface area contributed by atoms with Gasteiger partial charge in [-0.25, -0.2) is 9.98 Å². The van der Waals surface area contributed by atoms with Crippen molar-refractivity contribution in [2.75, 3.05) is 14.2 Å². The number of nitrogens with zero attached hydrogens (tertiary/aromatic N) is 2. The fourth-order valence-electron chi connectivity index (χ4n) is 3.72. The van der Waals surface area contributed by atoms with Crippen LogP contribution in [-0.2, 0) is 0 Å². The summed E-state index contributed by atoms with van der Waals surface area (Å²) in [6.45, 7) is 1.71. The van der Waals surface area contributed by atoms with Crippen LogP contribution in [0.25, 0.3) is 33.2 Å². The molecule has 0 unspecified atom stereocenters. The molecule has 0 amide bonds. The minimum atomic E-state index is -0.273. The van der Waals surface area contributed by atoms with Crippen LogP contribution in [0.5, 0.6) is 11.5 Å². The molecule has 0 aliphatic carbocycles. The van der Waals surface area contributed by atoms with E-state index in [4.69, 9.17) is 29.9 Å². The molecular weight excluding hydrogens is 464 g/mol. The van der Waals surface area contributed by atoms with Crippen LogP contribution in [-0.4, -0.2) is 25.4 Å². The van der Waals surface area contributed by atoms with Gasteiger partial charge >= 0.3 is 0 Å². The van der Waals surface area contributed by atoms with Crippen LogP contribution in [0.3, 0.4) is 0 Å². The summed E-state index contributed by atoms with van der Waals surface area (Å²) in [5, 5.41) is 3.83. The molecule has 0 bridgehead atoms. The van der Waals surface area contributed by atoms with Gasteiger partial charge in [-0.2, -0.15) is 0 Å². The number of hydrogen-bond donors (Lipinski definition) is 0. The minimum absolute atomic E-state index is 0.263. The average molecular weight is 481 g/mol. The molecule has 0 aliphatic heterocycles. The Hall–Kier alpha value is -3.62. The van der Waals surface area contributed by atoms with E-state index in [0.29, 0.717) is 49.6 Å². The molecule has 166 valence electrons. The summed E-state index contributed by atoms with van der Waals surface area (Å²) in [5.74, 6) is 1.10. The van der Waals surface area contributed by atoms with Crippen molar-refractivity contribution in [2.24, 2.45) is 4.99 Å². The molecular formula is C24H17ClN2O5S. The summed E-state index contributed by atoms with van der Waals surface area (Å²) in [7, 11) is 3.00. The fraction of sp³-hybridized carbons (Fsp3) is 0.125. The Kier molecular flexibility index (Phi) is 5.39. The summed E-state index contributed by atoms with van der Waals surface area (Å²) in [4.78, 5) is 22.6. The lowest BCUT2D eigenvalue weighted by atomic mass is 10.1. The van der Waals surface area contributed by atoms with Gasteiger partial charge in [0.25, 0.3) is 0 Å². The summed E-state index contributed by atoms with van der Waals surface area (Å²) in [6.07, 6.45) is 3.20. The molecule has 0 saturated heterocycles. The monoisotopic (exact) mass is 480 g/mol. The van der Waals surface area contributed by atoms with Gasteiger partial charge in [-0.15, -0.1) is 11.3 Å². The Morgan fingerprint density at radius 2 is 1.85 bits per heavy atom. The van der Waals surface area contributed by atoms with Crippen molar-refractivity contribution in [2.45, 2.75) is 6.92 Å². The maximum Gasteiger partial charge on any atom is 0.209 e. The molecule has 0 N–H and O–H groups in total. The Morgan fingerprint density at radius 1 is 1.09 bits per heavy atom. The highest BCUT2D eigenvalue weighted by atomic mass is 35.5. The summed E-state index contributed by atoms with van der Waals surface area (Å²) >= 11 is 7.25. The molecule has 7 nitrogen and oxygen atoms in total. The van der Waals surface area contributed by atoms with Gasteiger partial charge < -0.3 is 18.3 Å². The lowest BCUT2D eigenvalue weighted by Gasteiger charge is -2.12. The topological polar surface area (TPSA) is 87.1 Å². The largest absolute Gasteiger partial charge is 0.495 e. The van der Waals surface area contributed by atoms with Crippen LogP contribution in [0.2, 0.25) is 5.02 Å². The molecule has 0 spiro atoms. The van der Waals surface area contributed by atoms with E-state index in [1.165, 1.54) is 31.8 Å². The standard InChI is InChI=1S/C24H17ClN2O5S/c1-12-17(16-11-33-24(27-16)26-10-13-4-6-14(25)7-5-13)19(28)18-20(29-2)15-8-9-31-21(15)23(30-3)22(18)32-12/h4-11H,1-3H3/b26-10+. The first-order chi connectivity index (χ1) is 16.0. The smallest absolute Gasteiger partial charge is 0.209 e. The third-order valence-electron chi connectivity index (χ3n) is 5.19. The van der Waals surface area contributed by atoms with Crippen LogP contribution in [0.15, 0.2) is 60.6 Å². The zero-order chi connectivity index (χ0) is 23.1. The van der Waals surface area contributed by atoms with Crippen LogP contribution in [0.4, 0.5) is 5.13 Å². The van der Waals surface area contributed by atoms with E-state index in [1.54, 1.807) is 36.7 Å². The Labute approximate surface area is 196 Å². The number of hydrogen-bond acceptors (Lipinski definition) is 8. The van der Waals surface area contributed by atoms with Crippen LogP contribution in [0.1, 0.15) is 11.3 Å². The maximum absolute atomic E-state index is 13.7. The predicted octanol–water partition coefficient (Wildman–Crippen LogP) is 6.39. The van der Waals surface area contributed by atoms with Crippen molar-refractivity contribution in [1.29, 1.82) is 0 Å². The number of furan rings is 1. The van der Waals surface area contributed by atoms with Gasteiger partial charge in [-0.05, 0) is 30.7 Å². The number of benzene rings is 2. The van der Waals surface area contributed by atoms with Crippen molar-refractivity contribution < 1.29 is 18.3 Å². The Morgan fingerprint density at radius 3 is 2.58 bits per heavy atom. The molecule has 3 heterocycles. The first-order valence-corrected chi connectivity index (χ1v) is 11.1. The van der Waals surface area contributed by atoms with Gasteiger partial charge in [0.15, 0.2) is 11.2 Å². The van der Waals surface area contributed by atoms with Gasteiger partial charge in [0.2, 0.25) is 16.3 Å². The van der Waals surface area contributed by atoms with E-state index < -0.39 is 0 Å². The SMILES string of the molecule is COc1c2occc2c(OC)c2c(=O)c(-c3csc(/N=C/c4ccc(Cl)cc4)n3)c(C)oc12. The zero-order valence-corrected chi connectivity index (χ0v) is 19.4. The van der Waals surface area contributed by atoms with Gasteiger partial charge in [-0.1, -0.05) is 23.7 Å². The van der Waals surface area contributed by atoms with E-state index >= 15 is 0 Å². The predicted molar refractivity (Wildman–Crippen MR) is 130 cm³/mol. The Bertz CT molecular complexity index is 1580. The zero-order valence-electron chi connectivity index (χ0n) is 17.8. The second-order valence-electron chi connectivity index (χ2n) is 7.12. The van der Waals surface area contributed by atoms with Gasteiger partial charge in [0.05, 0.1) is 37.1 Å². The molecule has 0 atom stereocenters. The molecule has 2 aromatic carbocycles. The molecule has 0 saturated carbocycles. The number of aromatic nitrogens is 1. The van der Waals surface area contributed by atoms with Crippen LogP contribution in [0, 0.1) is 6.92 Å². The molecule has 9 heteroatoms. The summed E-state index contributed by atoms with van der Waals surface area (Å²) in [6, 6.07) is 9.02. The number of rotatable bonds is 5. The first-order valence-electron chi connectivity index (χ1n) is 9.86. The quantitative estimate of drug-likeness (QED) is 0.271. The van der Waals surface area contributed by atoms with Gasteiger partial charge in [-0.3, -0.25) is 4.79 Å². The fourth-order valence-corrected chi connectivity index (χ4v) is 4.50. The van der Waals surface area contributed by atoms with Gasteiger partial charge in [0.1, 0.15) is 16.9 Å². The van der Waals surface area contributed by atoms with E-state index in [9.17, 15) is 4.79 Å². The van der Waals surface area contributed by atoms with E-state index in [1.807, 2.05) is 12.1 Å². The van der Waals surface area contributed by atoms with Crippen molar-refractivity contribution in [3.05, 3.63) is 68.5 Å². The molecule has 5 aromatic rings. The second-order valence-corrected chi connectivity index (χ2v) is 8.39. The maximum atomic E-state index is 13.7. The number of halogens is 1. The number of fused-ring (bicyclic) bond motifs is 2. The first kappa shape index (κ1) is 21.2. The van der Waals surface area contributed by atoms with Crippen molar-refractivity contribution in [3.63, 3.8) is 0 Å². The highest BCUT2D eigenvalue weighted by molar-refractivity contribution is 7.13. The molecule has 0 aliphatic rings. The summed E-state index contributed by atoms with van der Waals surface area (Å²) in [5.41, 5.74) is 2.15. The minimum Gasteiger partial charge on any atom is -0.495 e. The molecule has 0 fully saturated rings. The van der Waals surface area contributed by atoms with Crippen molar-refractivity contribution in [1.82, 2.24) is 4.98 Å². The second kappa shape index (κ2) is 8.38. The third kappa shape index (κ3) is 3.57. The number of aryl methyl sites for hydroxylation is 1. The van der Waals surface area contributed by atoms with Crippen molar-refractivity contribution in [3.8, 4) is 22.8 Å². The highest BCUT2D eigenvalue weighted by Gasteiger charge is 2.26. The van der Waals surface area contributed by atoms with Crippen LogP contribution < -0.4 is 14.9 Å². The molecule has 5 rings (SSSR count). The number of aliphatic imine (C=N–C) groups is 1. The van der Waals surface area contributed by atoms with E-state index in [-0.39, 0.29) is 16.4 Å². The third-order valence-corrected chi connectivity index (χ3v) is 6.19. The molecule has 33 heavy (non-hydrogen) atoms. The average Bonchev–Trinajstić information content (AvgIpc) is 3.47. The highest BCUT2D eigenvalue weighted by Crippen LogP contribution is 2.43. The number of methoxy groups -OCH3 is 2. The Balaban J connectivity index is 1.66. The van der Waals surface area contributed by atoms with Crippen LogP contribution >= 0.6 is 22.9 Å². The lowest BCUT2D eigenvalue weighted by Crippen LogP contribution is -2.10.